The number of aryl methyl sites for hydroxylation is 1. The van der Waals surface area contributed by atoms with Gasteiger partial charge in [-0.1, -0.05) is 0 Å². The molecule has 0 spiro atoms. The molecule has 0 aliphatic heterocycles. The third-order valence-electron chi connectivity index (χ3n) is 1.89. The molecule has 0 radical (unpaired) electrons. The van der Waals surface area contributed by atoms with Crippen molar-refractivity contribution in [2.75, 3.05) is 18.6 Å². The fraction of sp³-hybridized carbons (Fsp3) is 0.556. The van der Waals surface area contributed by atoms with Gasteiger partial charge in [0, 0.05) is 6.26 Å². The summed E-state index contributed by atoms with van der Waals surface area (Å²) in [6.45, 7) is 1.55. The van der Waals surface area contributed by atoms with Crippen LogP contribution in [0.1, 0.15) is 17.4 Å². The second-order valence-electron chi connectivity index (χ2n) is 3.42. The zero-order valence-electron chi connectivity index (χ0n) is 8.23. The minimum atomic E-state index is -3.09. The highest BCUT2D eigenvalue weighted by Gasteiger charge is 2.19. The van der Waals surface area contributed by atoms with Crippen LogP contribution in [-0.4, -0.2) is 32.1 Å². The van der Waals surface area contributed by atoms with Gasteiger partial charge in [-0.15, -0.1) is 0 Å². The van der Waals surface area contributed by atoms with Crippen LogP contribution < -0.4 is 0 Å². The fourth-order valence-electron chi connectivity index (χ4n) is 1.26. The number of furan rings is 1. The Balaban J connectivity index is 2.83. The Morgan fingerprint density at radius 2 is 2.14 bits per heavy atom. The Morgan fingerprint density at radius 1 is 1.50 bits per heavy atom. The lowest BCUT2D eigenvalue weighted by Gasteiger charge is -2.09. The van der Waals surface area contributed by atoms with Crippen LogP contribution in [0.3, 0.4) is 0 Å². The molecule has 0 amide bonds. The van der Waals surface area contributed by atoms with Gasteiger partial charge in [0.1, 0.15) is 21.4 Å². The quantitative estimate of drug-likeness (QED) is 0.808. The summed E-state index contributed by atoms with van der Waals surface area (Å²) in [4.78, 5) is 0. The predicted octanol–water partition coefficient (Wildman–Crippen LogP) is 0.709. The Morgan fingerprint density at radius 3 is 2.50 bits per heavy atom. The van der Waals surface area contributed by atoms with Crippen molar-refractivity contribution in [3.8, 4) is 0 Å². The molecule has 1 aromatic rings. The molecule has 0 saturated carbocycles. The van der Waals surface area contributed by atoms with Gasteiger partial charge in [0.2, 0.25) is 0 Å². The zero-order valence-corrected chi connectivity index (χ0v) is 9.04. The van der Waals surface area contributed by atoms with Crippen LogP contribution in [0.15, 0.2) is 16.5 Å². The second-order valence-corrected chi connectivity index (χ2v) is 5.61. The standard InChI is InChI=1S/C9H14O4S/c1-7-3-4-9(13-7)8(5-10)6-14(2,11)12/h3-4,8,10H,5-6H2,1-2H3. The van der Waals surface area contributed by atoms with E-state index in [-0.39, 0.29) is 12.4 Å². The molecule has 0 aliphatic rings. The molecule has 1 unspecified atom stereocenters. The van der Waals surface area contributed by atoms with E-state index in [1.54, 1.807) is 19.1 Å². The van der Waals surface area contributed by atoms with Crippen LogP contribution in [0.4, 0.5) is 0 Å². The summed E-state index contributed by atoms with van der Waals surface area (Å²) in [5, 5.41) is 9.03. The average Bonchev–Trinajstić information content (AvgIpc) is 2.46. The molecular weight excluding hydrogens is 204 g/mol. The molecule has 0 bridgehead atoms. The molecule has 1 atom stereocenters. The van der Waals surface area contributed by atoms with Crippen molar-refractivity contribution in [3.05, 3.63) is 23.7 Å². The summed E-state index contributed by atoms with van der Waals surface area (Å²) in [6, 6.07) is 3.45. The predicted molar refractivity (Wildman–Crippen MR) is 53.0 cm³/mol. The van der Waals surface area contributed by atoms with Crippen molar-refractivity contribution in [2.45, 2.75) is 12.8 Å². The lowest BCUT2D eigenvalue weighted by molar-refractivity contribution is 0.257. The molecule has 1 rings (SSSR count). The number of aliphatic hydroxyl groups is 1. The van der Waals surface area contributed by atoms with E-state index in [1.807, 2.05) is 0 Å². The van der Waals surface area contributed by atoms with E-state index in [1.165, 1.54) is 0 Å². The van der Waals surface area contributed by atoms with Gasteiger partial charge in [0.15, 0.2) is 0 Å². The van der Waals surface area contributed by atoms with Crippen molar-refractivity contribution < 1.29 is 17.9 Å². The SMILES string of the molecule is Cc1ccc(C(CO)CS(C)(=O)=O)o1. The zero-order chi connectivity index (χ0) is 10.8. The van der Waals surface area contributed by atoms with E-state index < -0.39 is 15.8 Å². The number of sulfone groups is 1. The molecule has 0 saturated heterocycles. The normalized spacial score (nSPS) is 14.2. The van der Waals surface area contributed by atoms with E-state index in [0.29, 0.717) is 11.5 Å². The molecule has 0 aromatic carbocycles. The highest BCUT2D eigenvalue weighted by atomic mass is 32.2. The molecule has 1 aromatic heterocycles. The summed E-state index contributed by atoms with van der Waals surface area (Å²) in [5.41, 5.74) is 0. The van der Waals surface area contributed by atoms with Gasteiger partial charge in [-0.3, -0.25) is 0 Å². The largest absolute Gasteiger partial charge is 0.466 e. The highest BCUT2D eigenvalue weighted by molar-refractivity contribution is 7.90. The van der Waals surface area contributed by atoms with Crippen molar-refractivity contribution in [2.24, 2.45) is 0 Å². The first-order chi connectivity index (χ1) is 6.42. The minimum Gasteiger partial charge on any atom is -0.466 e. The molecule has 0 aliphatic carbocycles. The molecular formula is C9H14O4S. The minimum absolute atomic E-state index is 0.0869. The van der Waals surface area contributed by atoms with E-state index in [4.69, 9.17) is 9.52 Å². The van der Waals surface area contributed by atoms with Gasteiger partial charge in [-0.25, -0.2) is 8.42 Å². The van der Waals surface area contributed by atoms with Gasteiger partial charge < -0.3 is 9.52 Å². The first-order valence-corrected chi connectivity index (χ1v) is 6.33. The summed E-state index contributed by atoms with van der Waals surface area (Å²) >= 11 is 0. The third kappa shape index (κ3) is 3.16. The van der Waals surface area contributed by atoms with Gasteiger partial charge in [0.25, 0.3) is 0 Å². The number of hydrogen-bond acceptors (Lipinski definition) is 4. The molecule has 4 nitrogen and oxygen atoms in total. The molecule has 1 N–H and O–H groups in total. The van der Waals surface area contributed by atoms with E-state index in [0.717, 1.165) is 6.26 Å². The van der Waals surface area contributed by atoms with Crippen LogP contribution in [0.5, 0.6) is 0 Å². The van der Waals surface area contributed by atoms with Gasteiger partial charge in [-0.05, 0) is 19.1 Å². The summed E-state index contributed by atoms with van der Waals surface area (Å²) in [5.74, 6) is 0.692. The molecule has 1 heterocycles. The van der Waals surface area contributed by atoms with Gasteiger partial charge in [0.05, 0.1) is 18.3 Å². The van der Waals surface area contributed by atoms with Crippen molar-refractivity contribution in [3.63, 3.8) is 0 Å². The fourth-order valence-corrected chi connectivity index (χ4v) is 2.26. The lowest BCUT2D eigenvalue weighted by Crippen LogP contribution is -2.15. The first-order valence-electron chi connectivity index (χ1n) is 4.27. The molecule has 80 valence electrons. The summed E-state index contributed by atoms with van der Waals surface area (Å²) < 4.78 is 27.3. The Bertz CT molecular complexity index is 391. The van der Waals surface area contributed by atoms with Gasteiger partial charge >= 0.3 is 0 Å². The van der Waals surface area contributed by atoms with Crippen LogP contribution in [0, 0.1) is 6.92 Å². The maximum atomic E-state index is 11.0. The monoisotopic (exact) mass is 218 g/mol. The number of rotatable bonds is 4. The van der Waals surface area contributed by atoms with E-state index in [9.17, 15) is 8.42 Å². The Labute approximate surface area is 83.5 Å². The smallest absolute Gasteiger partial charge is 0.148 e. The first kappa shape index (κ1) is 11.3. The highest BCUT2D eigenvalue weighted by Crippen LogP contribution is 2.19. The van der Waals surface area contributed by atoms with E-state index in [2.05, 4.69) is 0 Å². The maximum absolute atomic E-state index is 11.0. The molecule has 5 heteroatoms. The lowest BCUT2D eigenvalue weighted by atomic mass is 10.1. The summed E-state index contributed by atoms with van der Waals surface area (Å²) in [7, 11) is -3.09. The number of aliphatic hydroxyl groups excluding tert-OH is 1. The third-order valence-corrected chi connectivity index (χ3v) is 2.90. The van der Waals surface area contributed by atoms with Crippen LogP contribution >= 0.6 is 0 Å². The van der Waals surface area contributed by atoms with Crippen LogP contribution in [0.25, 0.3) is 0 Å². The Kier molecular flexibility index (Phi) is 3.34. The van der Waals surface area contributed by atoms with Crippen LogP contribution in [0.2, 0.25) is 0 Å². The molecule has 14 heavy (non-hydrogen) atoms. The van der Waals surface area contributed by atoms with Crippen molar-refractivity contribution in [1.82, 2.24) is 0 Å². The van der Waals surface area contributed by atoms with Gasteiger partial charge in [-0.2, -0.15) is 0 Å². The Hall–Kier alpha value is -0.810. The average molecular weight is 218 g/mol. The van der Waals surface area contributed by atoms with Crippen molar-refractivity contribution in [1.29, 1.82) is 0 Å². The van der Waals surface area contributed by atoms with Crippen molar-refractivity contribution >= 4 is 9.84 Å². The summed E-state index contributed by atoms with van der Waals surface area (Å²) in [6.07, 6.45) is 1.14. The second kappa shape index (κ2) is 4.14. The van der Waals surface area contributed by atoms with Crippen LogP contribution in [-0.2, 0) is 9.84 Å². The molecule has 0 fully saturated rings. The maximum Gasteiger partial charge on any atom is 0.148 e. The van der Waals surface area contributed by atoms with E-state index >= 15 is 0 Å². The topological polar surface area (TPSA) is 67.5 Å². The number of hydrogen-bond donors (Lipinski definition) is 1.